The second-order valence-corrected chi connectivity index (χ2v) is 6.94. The van der Waals surface area contributed by atoms with Crippen LogP contribution in [0.2, 0.25) is 0 Å². The number of carbonyl (C=O) groups is 2. The molecule has 1 aromatic heterocycles. The maximum atomic E-state index is 12.3. The predicted molar refractivity (Wildman–Crippen MR) is 106 cm³/mol. The van der Waals surface area contributed by atoms with E-state index in [9.17, 15) is 9.59 Å². The summed E-state index contributed by atoms with van der Waals surface area (Å²) in [6.45, 7) is 7.21. The van der Waals surface area contributed by atoms with E-state index in [2.05, 4.69) is 29.6 Å². The highest BCUT2D eigenvalue weighted by atomic mass is 16.4. The van der Waals surface area contributed by atoms with Crippen molar-refractivity contribution in [2.24, 2.45) is 5.92 Å². The first-order chi connectivity index (χ1) is 12.9. The molecule has 3 N–H and O–H groups in total. The molecule has 0 bridgehead atoms. The monoisotopic (exact) mass is 372 g/mol. The molecule has 27 heavy (non-hydrogen) atoms. The van der Waals surface area contributed by atoms with Gasteiger partial charge in [-0.2, -0.15) is 5.10 Å². The average molecular weight is 372 g/mol. The highest BCUT2D eigenvalue weighted by molar-refractivity contribution is 6.00. The molecule has 0 aliphatic rings. The van der Waals surface area contributed by atoms with Crippen LogP contribution in [0.3, 0.4) is 0 Å². The molecule has 7 heteroatoms. The van der Waals surface area contributed by atoms with Gasteiger partial charge in [-0.05, 0) is 42.9 Å². The molecule has 7 nitrogen and oxygen atoms in total. The minimum Gasteiger partial charge on any atom is -0.481 e. The molecule has 1 aromatic carbocycles. The highest BCUT2D eigenvalue weighted by Gasteiger charge is 2.12. The van der Waals surface area contributed by atoms with Gasteiger partial charge < -0.3 is 15.7 Å². The SMILES string of the molecule is CCc1c(NC(=O)Nc2cccc(CCC(=O)O)c2)cnn1CCC(C)C. The van der Waals surface area contributed by atoms with Crippen molar-refractivity contribution in [2.75, 3.05) is 10.6 Å². The Balaban J connectivity index is 1.99. The Kier molecular flexibility index (Phi) is 7.40. The van der Waals surface area contributed by atoms with Gasteiger partial charge in [0.05, 0.1) is 17.6 Å². The summed E-state index contributed by atoms with van der Waals surface area (Å²) >= 11 is 0. The number of nitrogens with zero attached hydrogens (tertiary/aromatic N) is 2. The zero-order valence-electron chi connectivity index (χ0n) is 16.2. The lowest BCUT2D eigenvalue weighted by molar-refractivity contribution is -0.136. The number of aliphatic carboxylic acids is 1. The van der Waals surface area contributed by atoms with Crippen molar-refractivity contribution in [3.8, 4) is 0 Å². The normalized spacial score (nSPS) is 10.8. The Morgan fingerprint density at radius 1 is 1.26 bits per heavy atom. The predicted octanol–water partition coefficient (Wildman–Crippen LogP) is 4.15. The molecule has 0 saturated carbocycles. The number of urea groups is 1. The van der Waals surface area contributed by atoms with E-state index < -0.39 is 5.97 Å². The van der Waals surface area contributed by atoms with Crippen LogP contribution in [0.4, 0.5) is 16.2 Å². The summed E-state index contributed by atoms with van der Waals surface area (Å²) < 4.78 is 1.95. The van der Waals surface area contributed by atoms with Crippen molar-refractivity contribution >= 4 is 23.4 Å². The van der Waals surface area contributed by atoms with Crippen LogP contribution in [0.5, 0.6) is 0 Å². The van der Waals surface area contributed by atoms with Gasteiger partial charge in [0.25, 0.3) is 0 Å². The molecular formula is C20H28N4O3. The van der Waals surface area contributed by atoms with E-state index in [0.717, 1.165) is 30.6 Å². The number of rotatable bonds is 9. The third-order valence-electron chi connectivity index (χ3n) is 4.26. The lowest BCUT2D eigenvalue weighted by Crippen LogP contribution is -2.20. The molecule has 2 amide bonds. The van der Waals surface area contributed by atoms with Gasteiger partial charge in [-0.3, -0.25) is 9.48 Å². The van der Waals surface area contributed by atoms with Gasteiger partial charge in [0, 0.05) is 18.7 Å². The van der Waals surface area contributed by atoms with Gasteiger partial charge >= 0.3 is 12.0 Å². The standard InChI is InChI=1S/C20H28N4O3/c1-4-18-17(13-21-24(18)11-10-14(2)3)23-20(27)22-16-7-5-6-15(12-16)8-9-19(25)26/h5-7,12-14H,4,8-11H2,1-3H3,(H,25,26)(H2,22,23,27). The van der Waals surface area contributed by atoms with Crippen molar-refractivity contribution in [1.29, 1.82) is 0 Å². The molecule has 0 saturated heterocycles. The number of amides is 2. The Morgan fingerprint density at radius 3 is 2.70 bits per heavy atom. The van der Waals surface area contributed by atoms with Crippen LogP contribution in [-0.4, -0.2) is 26.9 Å². The van der Waals surface area contributed by atoms with Crippen LogP contribution in [-0.2, 0) is 24.2 Å². The maximum absolute atomic E-state index is 12.3. The number of aromatic nitrogens is 2. The molecule has 146 valence electrons. The molecule has 0 aliphatic heterocycles. The third-order valence-corrected chi connectivity index (χ3v) is 4.26. The second-order valence-electron chi connectivity index (χ2n) is 6.94. The summed E-state index contributed by atoms with van der Waals surface area (Å²) in [6, 6.07) is 6.86. The highest BCUT2D eigenvalue weighted by Crippen LogP contribution is 2.18. The number of aryl methyl sites for hydroxylation is 2. The molecule has 0 aliphatic carbocycles. The summed E-state index contributed by atoms with van der Waals surface area (Å²) in [5.41, 5.74) is 3.20. The number of hydrogen-bond acceptors (Lipinski definition) is 3. The summed E-state index contributed by atoms with van der Waals surface area (Å²) in [7, 11) is 0. The largest absolute Gasteiger partial charge is 0.481 e. The van der Waals surface area contributed by atoms with Crippen molar-refractivity contribution in [2.45, 2.75) is 53.0 Å². The van der Waals surface area contributed by atoms with Gasteiger partial charge in [0.15, 0.2) is 0 Å². The Morgan fingerprint density at radius 2 is 2.04 bits per heavy atom. The number of nitrogens with one attached hydrogen (secondary N) is 2. The first-order valence-electron chi connectivity index (χ1n) is 9.32. The second kappa shape index (κ2) is 9.75. The van der Waals surface area contributed by atoms with E-state index in [1.165, 1.54) is 0 Å². The lowest BCUT2D eigenvalue weighted by atomic mass is 10.1. The number of anilines is 2. The molecule has 2 aromatic rings. The van der Waals surface area contributed by atoms with E-state index in [4.69, 9.17) is 5.11 Å². The van der Waals surface area contributed by atoms with Gasteiger partial charge in [0.1, 0.15) is 0 Å². The van der Waals surface area contributed by atoms with Gasteiger partial charge in [-0.1, -0.05) is 32.9 Å². The number of hydrogen-bond donors (Lipinski definition) is 3. The fourth-order valence-electron chi connectivity index (χ4n) is 2.80. The summed E-state index contributed by atoms with van der Waals surface area (Å²) in [6.07, 6.45) is 3.98. The molecule has 2 rings (SSSR count). The maximum Gasteiger partial charge on any atom is 0.323 e. The average Bonchev–Trinajstić information content (AvgIpc) is 2.99. The molecule has 0 spiro atoms. The topological polar surface area (TPSA) is 96.2 Å². The summed E-state index contributed by atoms with van der Waals surface area (Å²) in [4.78, 5) is 23.0. The zero-order chi connectivity index (χ0) is 19.8. The number of carboxylic acid groups (broad SMARTS) is 1. The van der Waals surface area contributed by atoms with Gasteiger partial charge in [-0.15, -0.1) is 0 Å². The van der Waals surface area contributed by atoms with Crippen LogP contribution in [0.25, 0.3) is 0 Å². The van der Waals surface area contributed by atoms with Crippen LogP contribution >= 0.6 is 0 Å². The van der Waals surface area contributed by atoms with Crippen LogP contribution in [0, 0.1) is 5.92 Å². The van der Waals surface area contributed by atoms with E-state index >= 15 is 0 Å². The van der Waals surface area contributed by atoms with Crippen LogP contribution in [0.1, 0.15) is 44.9 Å². The zero-order valence-corrected chi connectivity index (χ0v) is 16.2. The minimum absolute atomic E-state index is 0.0606. The minimum atomic E-state index is -0.840. The van der Waals surface area contributed by atoms with Crippen molar-refractivity contribution in [3.05, 3.63) is 41.7 Å². The summed E-state index contributed by atoms with van der Waals surface area (Å²) in [5, 5.41) is 18.8. The van der Waals surface area contributed by atoms with Gasteiger partial charge in [-0.25, -0.2) is 4.79 Å². The van der Waals surface area contributed by atoms with E-state index in [1.54, 1.807) is 24.4 Å². The Bertz CT molecular complexity index is 783. The first-order valence-corrected chi connectivity index (χ1v) is 9.32. The lowest BCUT2D eigenvalue weighted by Gasteiger charge is -2.11. The smallest absolute Gasteiger partial charge is 0.323 e. The van der Waals surface area contributed by atoms with Crippen molar-refractivity contribution < 1.29 is 14.7 Å². The molecule has 0 atom stereocenters. The van der Waals surface area contributed by atoms with E-state index in [0.29, 0.717) is 23.7 Å². The van der Waals surface area contributed by atoms with Crippen LogP contribution < -0.4 is 10.6 Å². The molecule has 1 heterocycles. The number of carboxylic acids is 1. The fourth-order valence-corrected chi connectivity index (χ4v) is 2.80. The first kappa shape index (κ1) is 20.5. The van der Waals surface area contributed by atoms with Gasteiger partial charge in [0.2, 0.25) is 0 Å². The fraction of sp³-hybridized carbons (Fsp3) is 0.450. The molecule has 0 radical (unpaired) electrons. The Hall–Kier alpha value is -2.83. The van der Waals surface area contributed by atoms with E-state index in [1.807, 2.05) is 17.7 Å². The van der Waals surface area contributed by atoms with Crippen molar-refractivity contribution in [3.63, 3.8) is 0 Å². The summed E-state index contributed by atoms with van der Waals surface area (Å²) in [5.74, 6) is -0.250. The Labute approximate surface area is 159 Å². The van der Waals surface area contributed by atoms with Crippen molar-refractivity contribution in [1.82, 2.24) is 9.78 Å². The van der Waals surface area contributed by atoms with E-state index in [-0.39, 0.29) is 12.5 Å². The third kappa shape index (κ3) is 6.44. The van der Waals surface area contributed by atoms with Crippen LogP contribution in [0.15, 0.2) is 30.5 Å². The molecule has 0 unspecified atom stereocenters. The number of benzene rings is 1. The molecule has 0 fully saturated rings. The molecular weight excluding hydrogens is 344 g/mol. The number of carbonyl (C=O) groups excluding carboxylic acids is 1. The quantitative estimate of drug-likeness (QED) is 0.616.